The average molecular weight is 407 g/mol. The van der Waals surface area contributed by atoms with Gasteiger partial charge in [0.2, 0.25) is 0 Å². The molecule has 9 nitrogen and oxygen atoms in total. The zero-order valence-corrected chi connectivity index (χ0v) is 15.7. The van der Waals surface area contributed by atoms with E-state index in [0.29, 0.717) is 5.75 Å². The number of nitrogens with zero attached hydrogens (tertiary/aromatic N) is 4. The first kappa shape index (κ1) is 19.4. The molecule has 0 unspecified atom stereocenters. The highest BCUT2D eigenvalue weighted by Gasteiger charge is 2.18. The Bertz CT molecular complexity index is 1030. The minimum Gasteiger partial charge on any atom is -0.471 e. The maximum absolute atomic E-state index is 13.2. The van der Waals surface area contributed by atoms with Crippen LogP contribution >= 0.6 is 11.6 Å². The van der Waals surface area contributed by atoms with Crippen LogP contribution in [0.1, 0.15) is 21.0 Å². The van der Waals surface area contributed by atoms with Gasteiger partial charge in [-0.2, -0.15) is 10.2 Å². The number of aryl methyl sites for hydroxylation is 1. The zero-order valence-electron chi connectivity index (χ0n) is 14.9. The summed E-state index contributed by atoms with van der Waals surface area (Å²) in [6, 6.07) is 5.46. The molecule has 0 saturated carbocycles. The van der Waals surface area contributed by atoms with Crippen molar-refractivity contribution in [1.82, 2.24) is 24.9 Å². The molecule has 2 heterocycles. The Hall–Kier alpha value is -3.40. The van der Waals surface area contributed by atoms with Crippen molar-refractivity contribution in [2.24, 2.45) is 7.05 Å². The Morgan fingerprint density at radius 1 is 1.25 bits per heavy atom. The van der Waals surface area contributed by atoms with E-state index in [2.05, 4.69) is 20.8 Å². The van der Waals surface area contributed by atoms with Gasteiger partial charge in [0.05, 0.1) is 10.7 Å². The molecule has 0 aliphatic rings. The van der Waals surface area contributed by atoms with Gasteiger partial charge in [-0.25, -0.2) is 9.07 Å². The summed E-state index contributed by atoms with van der Waals surface area (Å²) in [6.45, 7) is -0.00831. The van der Waals surface area contributed by atoms with Crippen LogP contribution in [0.4, 0.5) is 10.1 Å². The van der Waals surface area contributed by atoms with Crippen LogP contribution in [0.25, 0.3) is 0 Å². The molecule has 3 rings (SSSR count). The molecule has 11 heteroatoms. The van der Waals surface area contributed by atoms with E-state index >= 15 is 0 Å². The van der Waals surface area contributed by atoms with Gasteiger partial charge in [0, 0.05) is 32.6 Å². The Morgan fingerprint density at radius 3 is 2.75 bits per heavy atom. The first-order valence-electron chi connectivity index (χ1n) is 8.05. The van der Waals surface area contributed by atoms with Crippen LogP contribution in [-0.4, -0.2) is 38.4 Å². The van der Waals surface area contributed by atoms with Crippen LogP contribution in [0.3, 0.4) is 0 Å². The summed E-state index contributed by atoms with van der Waals surface area (Å²) in [7, 11) is 3.11. The number of ether oxygens (including phenoxy) is 1. The Morgan fingerprint density at radius 2 is 2.04 bits per heavy atom. The normalized spacial score (nSPS) is 10.6. The average Bonchev–Trinajstić information content (AvgIpc) is 3.28. The minimum atomic E-state index is -0.543. The van der Waals surface area contributed by atoms with Crippen molar-refractivity contribution in [2.45, 2.75) is 6.73 Å². The largest absolute Gasteiger partial charge is 0.471 e. The molecular weight excluding hydrogens is 391 g/mol. The molecule has 0 bridgehead atoms. The van der Waals surface area contributed by atoms with Crippen molar-refractivity contribution in [1.29, 1.82) is 0 Å². The molecule has 0 radical (unpaired) electrons. The highest BCUT2D eigenvalue weighted by molar-refractivity contribution is 6.30. The number of amides is 2. The Kier molecular flexibility index (Phi) is 5.59. The van der Waals surface area contributed by atoms with Gasteiger partial charge in [-0.3, -0.25) is 14.3 Å². The summed E-state index contributed by atoms with van der Waals surface area (Å²) < 4.78 is 21.4. The smallest absolute Gasteiger partial charge is 0.276 e. The Balaban J connectivity index is 1.66. The number of hydrogen-bond acceptors (Lipinski definition) is 5. The van der Waals surface area contributed by atoms with E-state index in [1.165, 1.54) is 46.9 Å². The Labute approximate surface area is 164 Å². The molecule has 2 N–H and O–H groups in total. The lowest BCUT2D eigenvalue weighted by Gasteiger charge is -2.07. The molecule has 28 heavy (non-hydrogen) atoms. The number of rotatable bonds is 6. The van der Waals surface area contributed by atoms with Gasteiger partial charge in [-0.05, 0) is 18.2 Å². The predicted octanol–water partition coefficient (Wildman–Crippen LogP) is 2.06. The first-order chi connectivity index (χ1) is 13.4. The second-order valence-corrected chi connectivity index (χ2v) is 6.10. The molecule has 0 spiro atoms. The third kappa shape index (κ3) is 4.29. The molecule has 0 fully saturated rings. The predicted molar refractivity (Wildman–Crippen MR) is 98.8 cm³/mol. The summed E-state index contributed by atoms with van der Waals surface area (Å²) >= 11 is 5.70. The molecule has 2 amide bonds. The summed E-state index contributed by atoms with van der Waals surface area (Å²) in [5.41, 5.74) is 0.473. The van der Waals surface area contributed by atoms with Gasteiger partial charge in [0.1, 0.15) is 11.6 Å². The van der Waals surface area contributed by atoms with Crippen LogP contribution in [0, 0.1) is 5.82 Å². The second kappa shape index (κ2) is 8.09. The number of carbonyl (C=O) groups is 2. The van der Waals surface area contributed by atoms with Crippen molar-refractivity contribution in [3.63, 3.8) is 0 Å². The SMILES string of the molecule is CNC(=O)c1nn(C)cc1NC(=O)c1ccn(COc2ccc(F)c(Cl)c2)n1. The molecule has 1 aromatic carbocycles. The maximum atomic E-state index is 13.2. The molecule has 146 valence electrons. The molecule has 0 atom stereocenters. The van der Waals surface area contributed by atoms with Crippen molar-refractivity contribution >= 4 is 29.1 Å². The molecule has 0 saturated heterocycles. The minimum absolute atomic E-state index is 0.00831. The van der Waals surface area contributed by atoms with E-state index in [-0.39, 0.29) is 28.8 Å². The number of benzene rings is 1. The second-order valence-electron chi connectivity index (χ2n) is 5.69. The van der Waals surface area contributed by atoms with Crippen LogP contribution < -0.4 is 15.4 Å². The van der Waals surface area contributed by atoms with Crippen LogP contribution in [0.5, 0.6) is 5.75 Å². The molecule has 0 aliphatic carbocycles. The van der Waals surface area contributed by atoms with E-state index in [0.717, 1.165) is 0 Å². The summed E-state index contributed by atoms with van der Waals surface area (Å²) in [5.74, 6) is -1.12. The van der Waals surface area contributed by atoms with Crippen LogP contribution in [-0.2, 0) is 13.8 Å². The molecular formula is C17H16ClFN6O3. The van der Waals surface area contributed by atoms with Gasteiger partial charge in [-0.15, -0.1) is 0 Å². The van der Waals surface area contributed by atoms with Gasteiger partial charge in [0.25, 0.3) is 11.8 Å². The summed E-state index contributed by atoms with van der Waals surface area (Å²) in [4.78, 5) is 24.2. The van der Waals surface area contributed by atoms with Crippen LogP contribution in [0.2, 0.25) is 5.02 Å². The quantitative estimate of drug-likeness (QED) is 0.652. The first-order valence-corrected chi connectivity index (χ1v) is 8.43. The summed E-state index contributed by atoms with van der Waals surface area (Å²) in [6.07, 6.45) is 3.06. The maximum Gasteiger partial charge on any atom is 0.276 e. The third-order valence-electron chi connectivity index (χ3n) is 3.65. The fourth-order valence-electron chi connectivity index (χ4n) is 2.31. The topological polar surface area (TPSA) is 103 Å². The van der Waals surface area contributed by atoms with Crippen molar-refractivity contribution in [3.8, 4) is 5.75 Å². The van der Waals surface area contributed by atoms with Gasteiger partial charge >= 0.3 is 0 Å². The third-order valence-corrected chi connectivity index (χ3v) is 3.94. The molecule has 2 aromatic heterocycles. The highest BCUT2D eigenvalue weighted by Crippen LogP contribution is 2.21. The lowest BCUT2D eigenvalue weighted by atomic mass is 10.3. The van der Waals surface area contributed by atoms with E-state index in [1.54, 1.807) is 13.2 Å². The van der Waals surface area contributed by atoms with E-state index < -0.39 is 17.6 Å². The van der Waals surface area contributed by atoms with Crippen LogP contribution in [0.15, 0.2) is 36.7 Å². The number of nitrogens with one attached hydrogen (secondary N) is 2. The number of aromatic nitrogens is 4. The van der Waals surface area contributed by atoms with Crippen molar-refractivity contribution in [3.05, 3.63) is 58.9 Å². The molecule has 3 aromatic rings. The monoisotopic (exact) mass is 406 g/mol. The van der Waals surface area contributed by atoms with E-state index in [9.17, 15) is 14.0 Å². The van der Waals surface area contributed by atoms with Crippen molar-refractivity contribution < 1.29 is 18.7 Å². The van der Waals surface area contributed by atoms with Crippen molar-refractivity contribution in [2.75, 3.05) is 12.4 Å². The standard InChI is InChI=1S/C17H16ClFN6O3/c1-20-17(27)15-14(8-24(2)23-15)21-16(26)13-5-6-25(22-13)9-28-10-3-4-12(19)11(18)7-10/h3-8H,9H2,1-2H3,(H,20,27)(H,21,26). The molecule has 0 aliphatic heterocycles. The number of anilines is 1. The lowest BCUT2D eigenvalue weighted by molar-refractivity contribution is 0.0958. The summed E-state index contributed by atoms with van der Waals surface area (Å²) in [5, 5.41) is 13.1. The zero-order chi connectivity index (χ0) is 20.3. The number of hydrogen-bond donors (Lipinski definition) is 2. The van der Waals surface area contributed by atoms with Gasteiger partial charge in [-0.1, -0.05) is 11.6 Å². The van der Waals surface area contributed by atoms with Gasteiger partial charge in [0.15, 0.2) is 18.1 Å². The number of carbonyl (C=O) groups excluding carboxylic acids is 2. The highest BCUT2D eigenvalue weighted by atomic mass is 35.5. The fourth-order valence-corrected chi connectivity index (χ4v) is 2.48. The number of halogens is 2. The fraction of sp³-hybridized carbons (Fsp3) is 0.176. The lowest BCUT2D eigenvalue weighted by Crippen LogP contribution is -2.21. The van der Waals surface area contributed by atoms with Gasteiger partial charge < -0.3 is 15.4 Å². The van der Waals surface area contributed by atoms with E-state index in [1.807, 2.05) is 0 Å². The van der Waals surface area contributed by atoms with E-state index in [4.69, 9.17) is 16.3 Å².